The first-order chi connectivity index (χ1) is 8.27. The quantitative estimate of drug-likeness (QED) is 0.728. The summed E-state index contributed by atoms with van der Waals surface area (Å²) in [5.74, 6) is 0. The van der Waals surface area contributed by atoms with Gasteiger partial charge in [0.1, 0.15) is 0 Å². The summed E-state index contributed by atoms with van der Waals surface area (Å²) in [5.41, 5.74) is 2.46. The van der Waals surface area contributed by atoms with Crippen LogP contribution in [0.3, 0.4) is 0 Å². The first-order valence-corrected chi connectivity index (χ1v) is 6.70. The molecule has 1 unspecified atom stereocenters. The van der Waals surface area contributed by atoms with Crippen molar-refractivity contribution in [3.05, 3.63) is 29.8 Å². The van der Waals surface area contributed by atoms with Gasteiger partial charge in [-0.1, -0.05) is 38.0 Å². The van der Waals surface area contributed by atoms with Crippen LogP contribution in [-0.2, 0) is 11.3 Å². The van der Waals surface area contributed by atoms with Crippen molar-refractivity contribution >= 4 is 5.69 Å². The molecule has 0 radical (unpaired) electrons. The van der Waals surface area contributed by atoms with E-state index in [1.54, 1.807) is 0 Å². The molecule has 1 N–H and O–H groups in total. The average molecular weight is 235 g/mol. The molecule has 2 heteroatoms. The smallest absolute Gasteiger partial charge is 0.0736 e. The van der Waals surface area contributed by atoms with Gasteiger partial charge < -0.3 is 10.1 Å². The maximum atomic E-state index is 5.48. The van der Waals surface area contributed by atoms with E-state index in [-0.39, 0.29) is 0 Å². The van der Waals surface area contributed by atoms with Crippen LogP contribution >= 0.6 is 0 Å². The highest BCUT2D eigenvalue weighted by Gasteiger charge is 2.05. The lowest BCUT2D eigenvalue weighted by atomic mass is 10.1. The largest absolute Gasteiger partial charge is 0.382 e. The second-order valence-electron chi connectivity index (χ2n) is 4.48. The van der Waals surface area contributed by atoms with Crippen molar-refractivity contribution in [2.45, 2.75) is 52.7 Å². The van der Waals surface area contributed by atoms with E-state index in [1.165, 1.54) is 30.5 Å². The van der Waals surface area contributed by atoms with E-state index in [1.807, 2.05) is 6.92 Å². The van der Waals surface area contributed by atoms with Crippen LogP contribution in [-0.4, -0.2) is 12.6 Å². The lowest BCUT2D eigenvalue weighted by Gasteiger charge is -2.17. The van der Waals surface area contributed by atoms with Crippen molar-refractivity contribution in [1.29, 1.82) is 0 Å². The Balaban J connectivity index is 2.56. The molecule has 0 spiro atoms. The fourth-order valence-corrected chi connectivity index (χ4v) is 1.85. The van der Waals surface area contributed by atoms with Crippen LogP contribution in [0.25, 0.3) is 0 Å². The lowest BCUT2D eigenvalue weighted by molar-refractivity contribution is 0.134. The molecule has 0 saturated heterocycles. The third-order valence-electron chi connectivity index (χ3n) is 2.87. The second kappa shape index (κ2) is 8.13. The summed E-state index contributed by atoms with van der Waals surface area (Å²) in [6, 6.07) is 8.93. The minimum Gasteiger partial charge on any atom is -0.382 e. The topological polar surface area (TPSA) is 21.3 Å². The molecule has 0 heterocycles. The first-order valence-electron chi connectivity index (χ1n) is 6.70. The Morgan fingerprint density at radius 2 is 2.00 bits per heavy atom. The van der Waals surface area contributed by atoms with Crippen LogP contribution in [0.2, 0.25) is 0 Å². The van der Waals surface area contributed by atoms with Gasteiger partial charge in [-0.05, 0) is 26.3 Å². The molecule has 0 aromatic heterocycles. The summed E-state index contributed by atoms with van der Waals surface area (Å²) in [6.07, 6.45) is 3.76. The number of para-hydroxylation sites is 1. The van der Waals surface area contributed by atoms with E-state index < -0.39 is 0 Å². The van der Waals surface area contributed by atoms with Crippen molar-refractivity contribution in [2.75, 3.05) is 11.9 Å². The Labute approximate surface area is 105 Å². The fraction of sp³-hybridized carbons (Fsp3) is 0.600. The van der Waals surface area contributed by atoms with Crippen LogP contribution in [0.15, 0.2) is 24.3 Å². The molecule has 1 rings (SSSR count). The van der Waals surface area contributed by atoms with Gasteiger partial charge in [-0.2, -0.15) is 0 Å². The normalized spacial score (nSPS) is 12.4. The zero-order chi connectivity index (χ0) is 12.5. The zero-order valence-corrected chi connectivity index (χ0v) is 11.3. The third kappa shape index (κ3) is 5.22. The van der Waals surface area contributed by atoms with Crippen LogP contribution in [0, 0.1) is 0 Å². The summed E-state index contributed by atoms with van der Waals surface area (Å²) in [5, 5.41) is 3.57. The van der Waals surface area contributed by atoms with Gasteiger partial charge >= 0.3 is 0 Å². The fourth-order valence-electron chi connectivity index (χ4n) is 1.85. The second-order valence-corrected chi connectivity index (χ2v) is 4.48. The maximum absolute atomic E-state index is 5.48. The molecule has 0 bridgehead atoms. The Morgan fingerprint density at radius 3 is 2.71 bits per heavy atom. The van der Waals surface area contributed by atoms with E-state index >= 15 is 0 Å². The summed E-state index contributed by atoms with van der Waals surface area (Å²) >= 11 is 0. The molecule has 0 amide bonds. The van der Waals surface area contributed by atoms with Gasteiger partial charge in [0, 0.05) is 23.9 Å². The van der Waals surface area contributed by atoms with E-state index in [4.69, 9.17) is 4.74 Å². The van der Waals surface area contributed by atoms with Crippen LogP contribution < -0.4 is 5.32 Å². The van der Waals surface area contributed by atoms with Gasteiger partial charge in [0.05, 0.1) is 6.61 Å². The summed E-state index contributed by atoms with van der Waals surface area (Å²) in [4.78, 5) is 0. The molecular weight excluding hydrogens is 210 g/mol. The van der Waals surface area contributed by atoms with Crippen molar-refractivity contribution in [2.24, 2.45) is 0 Å². The molecule has 0 aliphatic carbocycles. The average Bonchev–Trinajstić information content (AvgIpc) is 2.35. The molecular formula is C15H25NO. The van der Waals surface area contributed by atoms with Crippen molar-refractivity contribution < 1.29 is 4.74 Å². The molecule has 1 atom stereocenters. The highest BCUT2D eigenvalue weighted by Crippen LogP contribution is 2.18. The van der Waals surface area contributed by atoms with Crippen molar-refractivity contribution in [1.82, 2.24) is 0 Å². The lowest BCUT2D eigenvalue weighted by Crippen LogP contribution is -2.16. The standard InChI is InChI=1S/C15H25NO/c1-4-6-9-13(3)16-15-11-8-7-10-14(15)12-17-5-2/h7-8,10-11,13,16H,4-6,9,12H2,1-3H3. The Hall–Kier alpha value is -1.02. The zero-order valence-electron chi connectivity index (χ0n) is 11.3. The summed E-state index contributed by atoms with van der Waals surface area (Å²) < 4.78 is 5.48. The molecule has 0 fully saturated rings. The van der Waals surface area contributed by atoms with Gasteiger partial charge in [-0.15, -0.1) is 0 Å². The van der Waals surface area contributed by atoms with E-state index in [0.717, 1.165) is 6.61 Å². The predicted octanol–water partition coefficient (Wildman–Crippen LogP) is 4.21. The van der Waals surface area contributed by atoms with Gasteiger partial charge in [-0.3, -0.25) is 0 Å². The third-order valence-corrected chi connectivity index (χ3v) is 2.87. The minimum atomic E-state index is 0.526. The molecule has 0 aliphatic rings. The molecule has 1 aromatic rings. The van der Waals surface area contributed by atoms with Gasteiger partial charge in [0.15, 0.2) is 0 Å². The number of hydrogen-bond acceptors (Lipinski definition) is 2. The minimum absolute atomic E-state index is 0.526. The van der Waals surface area contributed by atoms with E-state index in [9.17, 15) is 0 Å². The number of hydrogen-bond donors (Lipinski definition) is 1. The number of ether oxygens (including phenoxy) is 1. The van der Waals surface area contributed by atoms with Crippen LogP contribution in [0.5, 0.6) is 0 Å². The molecule has 1 aromatic carbocycles. The molecule has 96 valence electrons. The Kier molecular flexibility index (Phi) is 6.71. The monoisotopic (exact) mass is 235 g/mol. The molecule has 17 heavy (non-hydrogen) atoms. The molecule has 0 aliphatic heterocycles. The first kappa shape index (κ1) is 14.0. The number of rotatable bonds is 8. The van der Waals surface area contributed by atoms with Crippen LogP contribution in [0.4, 0.5) is 5.69 Å². The van der Waals surface area contributed by atoms with Gasteiger partial charge in [-0.25, -0.2) is 0 Å². The van der Waals surface area contributed by atoms with Crippen molar-refractivity contribution in [3.8, 4) is 0 Å². The maximum Gasteiger partial charge on any atom is 0.0736 e. The Morgan fingerprint density at radius 1 is 1.24 bits per heavy atom. The number of anilines is 1. The Bertz CT molecular complexity index is 312. The number of benzene rings is 1. The highest BCUT2D eigenvalue weighted by atomic mass is 16.5. The number of nitrogens with one attached hydrogen (secondary N) is 1. The van der Waals surface area contributed by atoms with E-state index in [0.29, 0.717) is 12.6 Å². The molecule has 0 saturated carbocycles. The number of unbranched alkanes of at least 4 members (excludes halogenated alkanes) is 1. The predicted molar refractivity (Wildman–Crippen MR) is 74.4 cm³/mol. The highest BCUT2D eigenvalue weighted by molar-refractivity contribution is 5.51. The van der Waals surface area contributed by atoms with Gasteiger partial charge in [0.25, 0.3) is 0 Å². The van der Waals surface area contributed by atoms with E-state index in [2.05, 4.69) is 43.4 Å². The SMILES string of the molecule is CCCCC(C)Nc1ccccc1COCC. The van der Waals surface area contributed by atoms with Crippen molar-refractivity contribution in [3.63, 3.8) is 0 Å². The molecule has 2 nitrogen and oxygen atoms in total. The van der Waals surface area contributed by atoms with Gasteiger partial charge in [0.2, 0.25) is 0 Å². The summed E-state index contributed by atoms with van der Waals surface area (Å²) in [6.45, 7) is 7.96. The van der Waals surface area contributed by atoms with Crippen LogP contribution in [0.1, 0.15) is 45.6 Å². The summed E-state index contributed by atoms with van der Waals surface area (Å²) in [7, 11) is 0.